The third-order valence-electron chi connectivity index (χ3n) is 4.85. The number of nitrogens with one attached hydrogen (secondary N) is 1. The molecule has 0 aliphatic carbocycles. The molecule has 0 saturated heterocycles. The Kier molecular flexibility index (Phi) is 5.63. The summed E-state index contributed by atoms with van der Waals surface area (Å²) in [5.41, 5.74) is 2.96. The molecule has 9 nitrogen and oxygen atoms in total. The van der Waals surface area contributed by atoms with Gasteiger partial charge in [0.05, 0.1) is 23.3 Å². The molecule has 0 atom stereocenters. The van der Waals surface area contributed by atoms with E-state index in [1.54, 1.807) is 36.2 Å². The van der Waals surface area contributed by atoms with Gasteiger partial charge in [-0.2, -0.15) is 5.10 Å². The molecule has 2 heterocycles. The lowest BCUT2D eigenvalue weighted by molar-refractivity contribution is -0.384. The van der Waals surface area contributed by atoms with Crippen LogP contribution in [0.5, 0.6) is 5.75 Å². The van der Waals surface area contributed by atoms with Gasteiger partial charge >= 0.3 is 5.69 Å². The Morgan fingerprint density at radius 3 is 2.66 bits per heavy atom. The quantitative estimate of drug-likeness (QED) is 0.359. The number of methoxy groups -OCH3 is 1. The van der Waals surface area contributed by atoms with Crippen molar-refractivity contribution in [3.63, 3.8) is 0 Å². The fourth-order valence-electron chi connectivity index (χ4n) is 3.18. The second kappa shape index (κ2) is 8.68. The van der Waals surface area contributed by atoms with Crippen LogP contribution in [0, 0.1) is 17.0 Å². The summed E-state index contributed by atoms with van der Waals surface area (Å²) in [7, 11) is 1.56. The van der Waals surface area contributed by atoms with Crippen molar-refractivity contribution >= 4 is 17.3 Å². The molecule has 2 aromatic heterocycles. The fraction of sp³-hybridized carbons (Fsp3) is 0.0870. The second-order valence-electron chi connectivity index (χ2n) is 7.01. The van der Waals surface area contributed by atoms with Gasteiger partial charge < -0.3 is 10.1 Å². The molecule has 0 spiro atoms. The number of aromatic nitrogens is 3. The molecule has 1 N–H and O–H groups in total. The number of carbonyl (C=O) groups excluding carboxylic acids is 1. The van der Waals surface area contributed by atoms with Gasteiger partial charge in [-0.1, -0.05) is 29.8 Å². The highest BCUT2D eigenvalue weighted by molar-refractivity contribution is 6.09. The maximum atomic E-state index is 13.2. The zero-order chi connectivity index (χ0) is 22.7. The third-order valence-corrected chi connectivity index (χ3v) is 4.85. The SMILES string of the molecule is COc1cccc(-c2nn(-c3ccc(C)cc3)cc2C(=O)Nc2ccncc2[N+](=O)[O-])c1. The van der Waals surface area contributed by atoms with Crippen LogP contribution in [-0.4, -0.2) is 32.7 Å². The number of aryl methyl sites for hydroxylation is 1. The first-order chi connectivity index (χ1) is 15.5. The number of rotatable bonds is 6. The number of anilines is 1. The maximum Gasteiger partial charge on any atom is 0.310 e. The lowest BCUT2D eigenvalue weighted by Gasteiger charge is -2.07. The zero-order valence-electron chi connectivity index (χ0n) is 17.4. The summed E-state index contributed by atoms with van der Waals surface area (Å²) in [5, 5.41) is 18.5. The van der Waals surface area contributed by atoms with Crippen LogP contribution in [0.4, 0.5) is 11.4 Å². The van der Waals surface area contributed by atoms with Crippen molar-refractivity contribution in [2.45, 2.75) is 6.92 Å². The van der Waals surface area contributed by atoms with E-state index in [0.29, 0.717) is 17.0 Å². The van der Waals surface area contributed by atoms with Gasteiger partial charge in [0.25, 0.3) is 5.91 Å². The molecule has 4 aromatic rings. The van der Waals surface area contributed by atoms with Crippen LogP contribution in [0.1, 0.15) is 15.9 Å². The number of ether oxygens (including phenoxy) is 1. The zero-order valence-corrected chi connectivity index (χ0v) is 17.4. The van der Waals surface area contributed by atoms with Gasteiger partial charge in [-0.3, -0.25) is 19.9 Å². The summed E-state index contributed by atoms with van der Waals surface area (Å²) in [4.78, 5) is 27.7. The van der Waals surface area contributed by atoms with Crippen LogP contribution in [-0.2, 0) is 0 Å². The minimum Gasteiger partial charge on any atom is -0.497 e. The van der Waals surface area contributed by atoms with Gasteiger partial charge in [0, 0.05) is 18.0 Å². The summed E-state index contributed by atoms with van der Waals surface area (Å²) in [6, 6.07) is 16.2. The third kappa shape index (κ3) is 4.17. The van der Waals surface area contributed by atoms with Crippen LogP contribution in [0.2, 0.25) is 0 Å². The van der Waals surface area contributed by atoms with E-state index in [0.717, 1.165) is 17.4 Å². The molecule has 32 heavy (non-hydrogen) atoms. The number of nitro groups is 1. The molecule has 4 rings (SSSR count). The molecular weight excluding hydrogens is 410 g/mol. The van der Waals surface area contributed by atoms with E-state index in [1.165, 1.54) is 12.3 Å². The predicted octanol–water partition coefficient (Wildman–Crippen LogP) is 4.41. The van der Waals surface area contributed by atoms with Gasteiger partial charge in [0.1, 0.15) is 23.3 Å². The predicted molar refractivity (Wildman–Crippen MR) is 119 cm³/mol. The fourth-order valence-corrected chi connectivity index (χ4v) is 3.18. The van der Waals surface area contributed by atoms with Crippen LogP contribution in [0.3, 0.4) is 0 Å². The molecule has 0 unspecified atom stereocenters. The van der Waals surface area contributed by atoms with E-state index < -0.39 is 10.8 Å². The number of amides is 1. The smallest absolute Gasteiger partial charge is 0.310 e. The van der Waals surface area contributed by atoms with E-state index in [-0.39, 0.29) is 16.9 Å². The molecular formula is C23H19N5O4. The van der Waals surface area contributed by atoms with E-state index in [1.807, 2.05) is 37.3 Å². The molecule has 0 fully saturated rings. The van der Waals surface area contributed by atoms with Gasteiger partial charge in [0.15, 0.2) is 0 Å². The number of hydrogen-bond donors (Lipinski definition) is 1. The van der Waals surface area contributed by atoms with Crippen LogP contribution in [0.15, 0.2) is 73.2 Å². The monoisotopic (exact) mass is 429 g/mol. The summed E-state index contributed by atoms with van der Waals surface area (Å²) < 4.78 is 6.90. The number of benzene rings is 2. The Bertz CT molecular complexity index is 1300. The first-order valence-corrected chi connectivity index (χ1v) is 9.67. The molecule has 160 valence electrons. The lowest BCUT2D eigenvalue weighted by Crippen LogP contribution is -2.13. The van der Waals surface area contributed by atoms with Crippen LogP contribution < -0.4 is 10.1 Å². The van der Waals surface area contributed by atoms with Crippen molar-refractivity contribution in [2.75, 3.05) is 12.4 Å². The molecule has 0 radical (unpaired) electrons. The van der Waals surface area contributed by atoms with Gasteiger partial charge in [-0.15, -0.1) is 0 Å². The van der Waals surface area contributed by atoms with Crippen molar-refractivity contribution in [1.29, 1.82) is 0 Å². The number of pyridine rings is 1. The first-order valence-electron chi connectivity index (χ1n) is 9.67. The summed E-state index contributed by atoms with van der Waals surface area (Å²) in [5.74, 6) is 0.0824. The molecule has 0 bridgehead atoms. The summed E-state index contributed by atoms with van der Waals surface area (Å²) >= 11 is 0. The average molecular weight is 429 g/mol. The highest BCUT2D eigenvalue weighted by atomic mass is 16.6. The standard InChI is InChI=1S/C23H19N5O4/c1-15-6-8-17(9-7-15)27-14-19(22(26-27)16-4-3-5-18(12-16)32-2)23(29)25-20-10-11-24-13-21(20)28(30)31/h3-14H,1-2H3,(H,24,25,29). The second-order valence-corrected chi connectivity index (χ2v) is 7.01. The maximum absolute atomic E-state index is 13.2. The molecule has 9 heteroatoms. The normalized spacial score (nSPS) is 10.6. The summed E-state index contributed by atoms with van der Waals surface area (Å²) in [6.07, 6.45) is 4.07. The average Bonchev–Trinajstić information content (AvgIpc) is 3.25. The molecule has 1 amide bonds. The number of nitrogens with zero attached hydrogens (tertiary/aromatic N) is 4. The van der Waals surface area contributed by atoms with Gasteiger partial charge in [-0.25, -0.2) is 4.68 Å². The van der Waals surface area contributed by atoms with E-state index in [4.69, 9.17) is 4.74 Å². The Labute approximate surface area is 183 Å². The topological polar surface area (TPSA) is 112 Å². The highest BCUT2D eigenvalue weighted by Crippen LogP contribution is 2.29. The summed E-state index contributed by atoms with van der Waals surface area (Å²) in [6.45, 7) is 1.98. The molecule has 0 aliphatic rings. The van der Waals surface area contributed by atoms with Crippen LogP contribution in [0.25, 0.3) is 16.9 Å². The number of hydrogen-bond acceptors (Lipinski definition) is 6. The highest BCUT2D eigenvalue weighted by Gasteiger charge is 2.22. The number of carbonyl (C=O) groups is 1. The van der Waals surface area contributed by atoms with Crippen molar-refractivity contribution in [2.24, 2.45) is 0 Å². The van der Waals surface area contributed by atoms with E-state index in [9.17, 15) is 14.9 Å². The van der Waals surface area contributed by atoms with Crippen molar-refractivity contribution < 1.29 is 14.5 Å². The minimum absolute atomic E-state index is 0.0506. The molecule has 2 aromatic carbocycles. The first kappa shape index (κ1) is 20.7. The molecule has 0 saturated carbocycles. The van der Waals surface area contributed by atoms with Crippen molar-refractivity contribution in [3.8, 4) is 22.7 Å². The van der Waals surface area contributed by atoms with Crippen molar-refractivity contribution in [1.82, 2.24) is 14.8 Å². The molecule has 0 aliphatic heterocycles. The Morgan fingerprint density at radius 2 is 1.94 bits per heavy atom. The Morgan fingerprint density at radius 1 is 1.16 bits per heavy atom. The largest absolute Gasteiger partial charge is 0.497 e. The van der Waals surface area contributed by atoms with Gasteiger partial charge in [-0.05, 0) is 37.3 Å². The van der Waals surface area contributed by atoms with Gasteiger partial charge in [0.2, 0.25) is 0 Å². The Hall–Kier alpha value is -4.53. The minimum atomic E-state index is -0.596. The Balaban J connectivity index is 1.79. The van der Waals surface area contributed by atoms with E-state index >= 15 is 0 Å². The van der Waals surface area contributed by atoms with Crippen molar-refractivity contribution in [3.05, 3.63) is 94.4 Å². The van der Waals surface area contributed by atoms with E-state index in [2.05, 4.69) is 15.4 Å². The lowest BCUT2D eigenvalue weighted by atomic mass is 10.1. The van der Waals surface area contributed by atoms with Crippen LogP contribution >= 0.6 is 0 Å².